The Balaban J connectivity index is 1.48. The second kappa shape index (κ2) is 9.76. The monoisotopic (exact) mass is 519 g/mol. The molecule has 1 amide bonds. The molecule has 0 atom stereocenters. The number of ether oxygens (including phenoxy) is 1. The summed E-state index contributed by atoms with van der Waals surface area (Å²) in [6.07, 6.45) is 5.44. The molecule has 0 saturated heterocycles. The zero-order chi connectivity index (χ0) is 21.8. The third-order valence-corrected chi connectivity index (χ3v) is 7.17. The van der Waals surface area contributed by atoms with Gasteiger partial charge in [-0.2, -0.15) is 0 Å². The highest BCUT2D eigenvalue weighted by Crippen LogP contribution is 2.39. The first-order chi connectivity index (χ1) is 15.0. The molecule has 162 valence electrons. The van der Waals surface area contributed by atoms with Gasteiger partial charge in [-0.3, -0.25) is 9.79 Å². The Labute approximate surface area is 199 Å². The molecule has 1 spiro atoms. The topological polar surface area (TPSA) is 63.0 Å². The van der Waals surface area contributed by atoms with E-state index >= 15 is 0 Å². The Kier molecular flexibility index (Phi) is 7.04. The van der Waals surface area contributed by atoms with Crippen molar-refractivity contribution in [3.8, 4) is 5.75 Å². The molecule has 0 unspecified atom stereocenters. The van der Waals surface area contributed by atoms with Gasteiger partial charge < -0.3 is 10.1 Å². The van der Waals surface area contributed by atoms with E-state index in [2.05, 4.69) is 21.2 Å². The van der Waals surface area contributed by atoms with Crippen molar-refractivity contribution < 1.29 is 9.53 Å². The molecule has 4 rings (SSSR count). The number of carbonyl (C=O) groups excluding carboxylic acids is 1. The Bertz CT molecular complexity index is 1030. The average Bonchev–Trinajstić information content (AvgIpc) is 3.11. The Hall–Kier alpha value is -1.83. The highest BCUT2D eigenvalue weighted by molar-refractivity contribution is 9.10. The number of carbonyl (C=O) groups is 1. The summed E-state index contributed by atoms with van der Waals surface area (Å²) < 4.78 is 6.17. The lowest BCUT2D eigenvalue weighted by Gasteiger charge is -2.27. The van der Waals surface area contributed by atoms with Crippen molar-refractivity contribution >= 4 is 61.6 Å². The van der Waals surface area contributed by atoms with Crippen LogP contribution in [0.5, 0.6) is 5.75 Å². The van der Waals surface area contributed by atoms with Gasteiger partial charge in [0.15, 0.2) is 5.66 Å². The molecule has 1 N–H and O–H groups in total. The van der Waals surface area contributed by atoms with Gasteiger partial charge in [0.2, 0.25) is 5.91 Å². The molecule has 0 bridgehead atoms. The van der Waals surface area contributed by atoms with Gasteiger partial charge in [-0.15, -0.1) is 0 Å². The molecule has 0 radical (unpaired) electrons. The van der Waals surface area contributed by atoms with Gasteiger partial charge >= 0.3 is 0 Å². The van der Waals surface area contributed by atoms with Crippen LogP contribution in [-0.4, -0.2) is 35.2 Å². The summed E-state index contributed by atoms with van der Waals surface area (Å²) in [7, 11) is 1.56. The van der Waals surface area contributed by atoms with E-state index in [-0.39, 0.29) is 17.3 Å². The van der Waals surface area contributed by atoms with Crippen LogP contribution in [0.3, 0.4) is 0 Å². The van der Waals surface area contributed by atoms with E-state index in [1.54, 1.807) is 25.3 Å². The number of hydrogen-bond acceptors (Lipinski definition) is 5. The van der Waals surface area contributed by atoms with E-state index in [1.807, 2.05) is 24.3 Å². The molecule has 1 aliphatic carbocycles. The lowest BCUT2D eigenvalue weighted by atomic mass is 9.90. The third kappa shape index (κ3) is 5.33. The van der Waals surface area contributed by atoms with Crippen molar-refractivity contribution in [3.05, 3.63) is 57.5 Å². The number of nitrogens with zero attached hydrogens (tertiary/aromatic N) is 2. The number of thioether (sulfide) groups is 1. The quantitative estimate of drug-likeness (QED) is 0.500. The van der Waals surface area contributed by atoms with Gasteiger partial charge in [0.1, 0.15) is 10.8 Å². The third-order valence-electron chi connectivity index (χ3n) is 5.38. The predicted molar refractivity (Wildman–Crippen MR) is 133 cm³/mol. The summed E-state index contributed by atoms with van der Waals surface area (Å²) in [5.41, 5.74) is 2.19. The predicted octanol–water partition coefficient (Wildman–Crippen LogP) is 6.34. The maximum atomic E-state index is 12.6. The second-order valence-electron chi connectivity index (χ2n) is 7.61. The summed E-state index contributed by atoms with van der Waals surface area (Å²) in [6.45, 7) is 0. The zero-order valence-electron chi connectivity index (χ0n) is 17.2. The number of anilines is 1. The number of rotatable bonds is 5. The van der Waals surface area contributed by atoms with Gasteiger partial charge in [-0.1, -0.05) is 57.8 Å². The fourth-order valence-corrected chi connectivity index (χ4v) is 5.23. The van der Waals surface area contributed by atoms with Crippen LogP contribution in [0.1, 0.15) is 37.7 Å². The number of aliphatic imine (C=N–C) groups is 2. The SMILES string of the molecule is COc1ccc(NC(=O)CSC2=NC3(CCCCC3)N=C2c2ccc(Br)cc2)cc1Cl. The van der Waals surface area contributed by atoms with Gasteiger partial charge in [-0.05, 0) is 56.0 Å². The van der Waals surface area contributed by atoms with Crippen LogP contribution in [0, 0.1) is 0 Å². The largest absolute Gasteiger partial charge is 0.495 e. The zero-order valence-corrected chi connectivity index (χ0v) is 20.3. The molecule has 2 aromatic rings. The van der Waals surface area contributed by atoms with E-state index in [1.165, 1.54) is 18.2 Å². The molecule has 0 aromatic heterocycles. The Morgan fingerprint density at radius 3 is 2.58 bits per heavy atom. The van der Waals surface area contributed by atoms with Crippen LogP contribution in [0.15, 0.2) is 56.9 Å². The van der Waals surface area contributed by atoms with Crippen LogP contribution in [0.25, 0.3) is 0 Å². The van der Waals surface area contributed by atoms with E-state index in [9.17, 15) is 4.79 Å². The van der Waals surface area contributed by atoms with Gasteiger partial charge in [0, 0.05) is 15.7 Å². The Morgan fingerprint density at radius 1 is 1.16 bits per heavy atom. The van der Waals surface area contributed by atoms with Crippen LogP contribution in [0.2, 0.25) is 5.02 Å². The maximum Gasteiger partial charge on any atom is 0.234 e. The average molecular weight is 521 g/mol. The molecule has 8 heteroatoms. The molecular formula is C23H23BrClN3O2S. The lowest BCUT2D eigenvalue weighted by molar-refractivity contribution is -0.113. The minimum Gasteiger partial charge on any atom is -0.495 e. The smallest absolute Gasteiger partial charge is 0.234 e. The molecule has 1 saturated carbocycles. The first kappa shape index (κ1) is 22.4. The fraction of sp³-hybridized carbons (Fsp3) is 0.348. The van der Waals surface area contributed by atoms with E-state index in [4.69, 9.17) is 26.3 Å². The van der Waals surface area contributed by atoms with E-state index in [0.29, 0.717) is 16.5 Å². The van der Waals surface area contributed by atoms with Crippen molar-refractivity contribution in [2.24, 2.45) is 9.98 Å². The molecule has 1 aliphatic heterocycles. The van der Waals surface area contributed by atoms with E-state index in [0.717, 1.165) is 46.5 Å². The standard InChI is InChI=1S/C23H23BrClN3O2S/c1-30-19-10-9-17(13-18(19)25)26-20(29)14-31-22-21(15-5-7-16(24)8-6-15)27-23(28-22)11-3-2-4-12-23/h5-10,13H,2-4,11-12,14H2,1H3,(H,26,29). The number of hydrogen-bond donors (Lipinski definition) is 1. The summed E-state index contributed by atoms with van der Waals surface area (Å²) in [6, 6.07) is 13.3. The van der Waals surface area contributed by atoms with Crippen molar-refractivity contribution in [2.75, 3.05) is 18.2 Å². The van der Waals surface area contributed by atoms with Gasteiger partial charge in [-0.25, -0.2) is 4.99 Å². The van der Waals surface area contributed by atoms with Crippen LogP contribution < -0.4 is 10.1 Å². The first-order valence-electron chi connectivity index (χ1n) is 10.2. The fourth-order valence-electron chi connectivity index (χ4n) is 3.84. The van der Waals surface area contributed by atoms with Crippen LogP contribution >= 0.6 is 39.3 Å². The number of amides is 1. The number of benzene rings is 2. The molecule has 5 nitrogen and oxygen atoms in total. The minimum atomic E-state index is -0.358. The maximum absolute atomic E-state index is 12.6. The molecule has 1 heterocycles. The molecule has 2 aromatic carbocycles. The Morgan fingerprint density at radius 2 is 1.90 bits per heavy atom. The van der Waals surface area contributed by atoms with E-state index < -0.39 is 0 Å². The van der Waals surface area contributed by atoms with Crippen molar-refractivity contribution in [2.45, 2.75) is 37.8 Å². The highest BCUT2D eigenvalue weighted by Gasteiger charge is 2.37. The molecule has 2 aliphatic rings. The summed E-state index contributed by atoms with van der Waals surface area (Å²) in [4.78, 5) is 22.7. The molecule has 1 fully saturated rings. The number of methoxy groups -OCH3 is 1. The minimum absolute atomic E-state index is 0.117. The lowest BCUT2D eigenvalue weighted by Crippen LogP contribution is -2.25. The van der Waals surface area contributed by atoms with Gasteiger partial charge in [0.25, 0.3) is 0 Å². The number of nitrogens with one attached hydrogen (secondary N) is 1. The summed E-state index contributed by atoms with van der Waals surface area (Å²) in [5.74, 6) is 0.699. The highest BCUT2D eigenvalue weighted by atomic mass is 79.9. The first-order valence-corrected chi connectivity index (χ1v) is 12.4. The summed E-state index contributed by atoms with van der Waals surface area (Å²) in [5, 5.41) is 4.19. The molecule has 31 heavy (non-hydrogen) atoms. The van der Waals surface area contributed by atoms with Crippen molar-refractivity contribution in [3.63, 3.8) is 0 Å². The second-order valence-corrected chi connectivity index (χ2v) is 9.90. The van der Waals surface area contributed by atoms with Crippen molar-refractivity contribution in [1.82, 2.24) is 0 Å². The number of halogens is 2. The molecular weight excluding hydrogens is 498 g/mol. The van der Waals surface area contributed by atoms with Crippen LogP contribution in [0.4, 0.5) is 5.69 Å². The van der Waals surface area contributed by atoms with Crippen molar-refractivity contribution in [1.29, 1.82) is 0 Å². The van der Waals surface area contributed by atoms with Gasteiger partial charge in [0.05, 0.1) is 23.6 Å². The van der Waals surface area contributed by atoms with Crippen LogP contribution in [-0.2, 0) is 4.79 Å². The summed E-state index contributed by atoms with van der Waals surface area (Å²) >= 11 is 11.1. The normalized spacial score (nSPS) is 17.3.